The molecular weight excluding hydrogens is 278 g/mol. The molecule has 0 spiro atoms. The summed E-state index contributed by atoms with van der Waals surface area (Å²) in [6, 6.07) is 10.8. The van der Waals surface area contributed by atoms with Crippen LogP contribution in [0.4, 0.5) is 5.69 Å². The highest BCUT2D eigenvalue weighted by molar-refractivity contribution is 7.91. The number of hydrogen-bond acceptors (Lipinski definition) is 3. The highest BCUT2D eigenvalue weighted by Crippen LogP contribution is 2.33. The summed E-state index contributed by atoms with van der Waals surface area (Å²) < 4.78 is 12.6. The molecule has 0 saturated heterocycles. The third-order valence-corrected chi connectivity index (χ3v) is 4.50. The minimum Gasteiger partial charge on any atom is -0.606 e. The molecule has 6 heteroatoms. The molecule has 100 valence electrons. The molecule has 0 saturated carbocycles. The number of amides is 1. The van der Waals surface area contributed by atoms with Gasteiger partial charge in [0, 0.05) is 17.2 Å². The molecule has 2 aromatic rings. The number of para-hydroxylation sites is 1. The van der Waals surface area contributed by atoms with E-state index in [0.717, 1.165) is 0 Å². The fourth-order valence-electron chi connectivity index (χ4n) is 2.04. The van der Waals surface area contributed by atoms with Crippen LogP contribution in [0, 0.1) is 0 Å². The summed E-state index contributed by atoms with van der Waals surface area (Å²) in [7, 11) is 0. The van der Waals surface area contributed by atoms with Gasteiger partial charge in [-0.05, 0) is 24.3 Å². The molecule has 2 N–H and O–H groups in total. The van der Waals surface area contributed by atoms with Crippen molar-refractivity contribution < 1.29 is 19.2 Å². The van der Waals surface area contributed by atoms with Gasteiger partial charge in [0.05, 0.1) is 16.8 Å². The number of fused-ring (bicyclic) bond motifs is 2. The molecule has 0 aromatic heterocycles. The highest BCUT2D eigenvalue weighted by Gasteiger charge is 2.31. The van der Waals surface area contributed by atoms with Gasteiger partial charge in [-0.3, -0.25) is 4.79 Å². The van der Waals surface area contributed by atoms with E-state index in [1.54, 1.807) is 24.3 Å². The van der Waals surface area contributed by atoms with Gasteiger partial charge < -0.3 is 15.0 Å². The largest absolute Gasteiger partial charge is 0.606 e. The first-order valence-electron chi connectivity index (χ1n) is 5.77. The summed E-state index contributed by atoms with van der Waals surface area (Å²) in [5, 5.41) is 11.7. The van der Waals surface area contributed by atoms with Crippen molar-refractivity contribution >= 4 is 28.7 Å². The van der Waals surface area contributed by atoms with Gasteiger partial charge in [0.25, 0.3) is 5.91 Å². The molecule has 2 aromatic carbocycles. The second kappa shape index (κ2) is 4.66. The quantitative estimate of drug-likeness (QED) is 0.786. The van der Waals surface area contributed by atoms with E-state index in [4.69, 9.17) is 5.11 Å². The average molecular weight is 287 g/mol. The summed E-state index contributed by atoms with van der Waals surface area (Å²) >= 11 is -1.60. The van der Waals surface area contributed by atoms with E-state index in [2.05, 4.69) is 5.32 Å². The zero-order chi connectivity index (χ0) is 14.3. The number of aromatic carboxylic acids is 1. The number of hydrogen-bond donors (Lipinski definition) is 2. The summed E-state index contributed by atoms with van der Waals surface area (Å²) in [5.74, 6) is -1.52. The average Bonchev–Trinajstić information content (AvgIpc) is 2.55. The van der Waals surface area contributed by atoms with Crippen LogP contribution in [0.1, 0.15) is 20.7 Å². The van der Waals surface area contributed by atoms with Crippen molar-refractivity contribution in [2.75, 3.05) is 5.32 Å². The first-order chi connectivity index (χ1) is 9.58. The van der Waals surface area contributed by atoms with Crippen molar-refractivity contribution in [3.8, 4) is 0 Å². The smallest absolute Gasteiger partial charge is 0.335 e. The zero-order valence-electron chi connectivity index (χ0n) is 10.1. The Morgan fingerprint density at radius 1 is 1.15 bits per heavy atom. The van der Waals surface area contributed by atoms with Crippen molar-refractivity contribution in [3.63, 3.8) is 0 Å². The van der Waals surface area contributed by atoms with E-state index in [9.17, 15) is 14.1 Å². The van der Waals surface area contributed by atoms with Crippen LogP contribution in [0.5, 0.6) is 0 Å². The SMILES string of the molecule is O=C(O)c1ccc2c(c1)[S+]([O-])c1ccccc1NC2=O. The van der Waals surface area contributed by atoms with Crippen molar-refractivity contribution in [1.29, 1.82) is 0 Å². The van der Waals surface area contributed by atoms with Gasteiger partial charge in [0.15, 0.2) is 9.79 Å². The van der Waals surface area contributed by atoms with Crippen LogP contribution >= 0.6 is 0 Å². The number of carboxylic acid groups (broad SMARTS) is 1. The van der Waals surface area contributed by atoms with Crippen LogP contribution < -0.4 is 5.32 Å². The van der Waals surface area contributed by atoms with Gasteiger partial charge in [-0.25, -0.2) is 4.79 Å². The number of anilines is 1. The van der Waals surface area contributed by atoms with Crippen LogP contribution in [0.2, 0.25) is 0 Å². The molecule has 0 radical (unpaired) electrons. The Bertz CT molecular complexity index is 729. The molecule has 0 bridgehead atoms. The first-order valence-corrected chi connectivity index (χ1v) is 6.92. The molecule has 1 aliphatic heterocycles. The van der Waals surface area contributed by atoms with Crippen LogP contribution in [0.15, 0.2) is 52.3 Å². The second-order valence-electron chi connectivity index (χ2n) is 4.24. The Morgan fingerprint density at radius 2 is 1.90 bits per heavy atom. The maximum absolute atomic E-state index is 12.6. The van der Waals surface area contributed by atoms with Crippen LogP contribution in [-0.2, 0) is 11.2 Å². The van der Waals surface area contributed by atoms with Crippen molar-refractivity contribution in [3.05, 3.63) is 53.6 Å². The molecule has 5 nitrogen and oxygen atoms in total. The maximum atomic E-state index is 12.6. The van der Waals surface area contributed by atoms with Gasteiger partial charge in [-0.15, -0.1) is 0 Å². The third-order valence-electron chi connectivity index (χ3n) is 3.01. The van der Waals surface area contributed by atoms with Gasteiger partial charge in [0.1, 0.15) is 0 Å². The number of carbonyl (C=O) groups excluding carboxylic acids is 1. The zero-order valence-corrected chi connectivity index (χ0v) is 10.9. The molecule has 1 atom stereocenters. The summed E-state index contributed by atoms with van der Waals surface area (Å²) in [4.78, 5) is 23.8. The van der Waals surface area contributed by atoms with E-state index in [-0.39, 0.29) is 16.0 Å². The molecule has 1 heterocycles. The van der Waals surface area contributed by atoms with Crippen molar-refractivity contribution in [2.24, 2.45) is 0 Å². The molecule has 1 amide bonds. The fourth-order valence-corrected chi connectivity index (χ4v) is 3.39. The lowest BCUT2D eigenvalue weighted by atomic mass is 10.1. The lowest BCUT2D eigenvalue weighted by Crippen LogP contribution is -2.12. The molecule has 0 fully saturated rings. The Hall–Kier alpha value is -2.31. The highest BCUT2D eigenvalue weighted by atomic mass is 32.2. The van der Waals surface area contributed by atoms with Crippen LogP contribution in [-0.4, -0.2) is 21.5 Å². The minimum atomic E-state index is -1.60. The lowest BCUT2D eigenvalue weighted by Gasteiger charge is -2.11. The monoisotopic (exact) mass is 287 g/mol. The molecule has 1 aliphatic rings. The third kappa shape index (κ3) is 1.95. The summed E-state index contributed by atoms with van der Waals surface area (Å²) in [6.45, 7) is 0. The van der Waals surface area contributed by atoms with Crippen LogP contribution in [0.25, 0.3) is 0 Å². The van der Waals surface area contributed by atoms with Crippen LogP contribution in [0.3, 0.4) is 0 Å². The number of benzene rings is 2. The molecule has 1 unspecified atom stereocenters. The predicted octanol–water partition coefficient (Wildman–Crippen LogP) is 2.12. The minimum absolute atomic E-state index is 0.00396. The Morgan fingerprint density at radius 3 is 2.65 bits per heavy atom. The molecule has 20 heavy (non-hydrogen) atoms. The normalized spacial score (nSPS) is 16.6. The van der Waals surface area contributed by atoms with Gasteiger partial charge >= 0.3 is 5.97 Å². The van der Waals surface area contributed by atoms with Gasteiger partial charge in [-0.2, -0.15) is 0 Å². The van der Waals surface area contributed by atoms with E-state index in [1.165, 1.54) is 18.2 Å². The number of nitrogens with one attached hydrogen (secondary N) is 1. The first kappa shape index (κ1) is 12.7. The Labute approximate surface area is 117 Å². The Kier molecular flexibility index (Phi) is 2.96. The lowest BCUT2D eigenvalue weighted by molar-refractivity contribution is 0.0696. The predicted molar refractivity (Wildman–Crippen MR) is 72.5 cm³/mol. The van der Waals surface area contributed by atoms with Crippen molar-refractivity contribution in [2.45, 2.75) is 9.79 Å². The number of carbonyl (C=O) groups is 2. The second-order valence-corrected chi connectivity index (χ2v) is 5.65. The maximum Gasteiger partial charge on any atom is 0.335 e. The molecule has 0 aliphatic carbocycles. The van der Waals surface area contributed by atoms with E-state index in [1.807, 2.05) is 0 Å². The number of carboxylic acids is 1. The fraction of sp³-hybridized carbons (Fsp3) is 0. The standard InChI is InChI=1S/C14H9NO4S/c16-13-9-6-5-8(14(17)18)7-12(9)20(19)11-4-2-1-3-10(11)15-13/h1-7H,(H,15,16)(H,17,18). The summed E-state index contributed by atoms with van der Waals surface area (Å²) in [6.07, 6.45) is 0. The van der Waals surface area contributed by atoms with Crippen molar-refractivity contribution in [1.82, 2.24) is 0 Å². The Balaban J connectivity index is 2.23. The van der Waals surface area contributed by atoms with E-state index < -0.39 is 23.1 Å². The number of rotatable bonds is 1. The van der Waals surface area contributed by atoms with E-state index in [0.29, 0.717) is 10.6 Å². The molecular formula is C14H9NO4S. The van der Waals surface area contributed by atoms with Gasteiger partial charge in [0.2, 0.25) is 0 Å². The molecule has 3 rings (SSSR count). The topological polar surface area (TPSA) is 89.5 Å². The van der Waals surface area contributed by atoms with E-state index >= 15 is 0 Å². The van der Waals surface area contributed by atoms with Gasteiger partial charge in [-0.1, -0.05) is 12.1 Å². The summed E-state index contributed by atoms with van der Waals surface area (Å²) in [5.41, 5.74) is 0.706.